The lowest BCUT2D eigenvalue weighted by Gasteiger charge is -2.35. The molecule has 5 nitrogen and oxygen atoms in total. The number of rotatable bonds is 5. The van der Waals surface area contributed by atoms with E-state index in [1.807, 2.05) is 30.5 Å². The van der Waals surface area contributed by atoms with Gasteiger partial charge in [-0.1, -0.05) is 24.3 Å². The Hall–Kier alpha value is -2.86. The Morgan fingerprint density at radius 2 is 2.07 bits per heavy atom. The summed E-state index contributed by atoms with van der Waals surface area (Å²) in [4.78, 5) is 28.5. The van der Waals surface area contributed by atoms with Gasteiger partial charge in [-0.05, 0) is 40.8 Å². The van der Waals surface area contributed by atoms with Crippen LogP contribution in [0.15, 0.2) is 42.6 Å². The van der Waals surface area contributed by atoms with Crippen LogP contribution in [0.25, 0.3) is 10.9 Å². The number of aromatic nitrogens is 1. The SMILES string of the molecule is CC(=O)NCCc1c[nH]c2c([C@@H]3CN(C(=O)CCl)Cc4ccccc43)cc(F)cc12. The molecule has 1 atom stereocenters. The summed E-state index contributed by atoms with van der Waals surface area (Å²) in [6.07, 6.45) is 2.46. The van der Waals surface area contributed by atoms with E-state index in [9.17, 15) is 14.0 Å². The van der Waals surface area contributed by atoms with Gasteiger partial charge in [-0.3, -0.25) is 9.59 Å². The van der Waals surface area contributed by atoms with Gasteiger partial charge in [0.25, 0.3) is 0 Å². The van der Waals surface area contributed by atoms with E-state index in [-0.39, 0.29) is 29.4 Å². The molecule has 1 aliphatic rings. The number of hydrogen-bond donors (Lipinski definition) is 2. The molecule has 0 fully saturated rings. The molecule has 1 aromatic heterocycles. The zero-order chi connectivity index (χ0) is 21.3. The van der Waals surface area contributed by atoms with Crippen LogP contribution in [0, 0.1) is 5.82 Å². The van der Waals surface area contributed by atoms with Crippen molar-refractivity contribution in [2.75, 3.05) is 19.0 Å². The molecule has 2 N–H and O–H groups in total. The van der Waals surface area contributed by atoms with E-state index < -0.39 is 0 Å². The van der Waals surface area contributed by atoms with Gasteiger partial charge in [-0.15, -0.1) is 11.6 Å². The van der Waals surface area contributed by atoms with Crippen molar-refractivity contribution < 1.29 is 14.0 Å². The molecule has 0 saturated carbocycles. The first-order valence-corrected chi connectivity index (χ1v) is 10.5. The summed E-state index contributed by atoms with van der Waals surface area (Å²) in [5, 5.41) is 3.58. The predicted octanol–water partition coefficient (Wildman–Crippen LogP) is 3.70. The second-order valence-electron chi connectivity index (χ2n) is 7.62. The lowest BCUT2D eigenvalue weighted by atomic mass is 9.83. The number of H-pyrrole nitrogens is 1. The number of nitrogens with one attached hydrogen (secondary N) is 2. The van der Waals surface area contributed by atoms with Crippen LogP contribution in [-0.2, 0) is 22.6 Å². The van der Waals surface area contributed by atoms with E-state index in [4.69, 9.17) is 11.6 Å². The monoisotopic (exact) mass is 427 g/mol. The van der Waals surface area contributed by atoms with Gasteiger partial charge in [0.15, 0.2) is 0 Å². The van der Waals surface area contributed by atoms with Crippen LogP contribution in [-0.4, -0.2) is 40.7 Å². The molecule has 0 radical (unpaired) electrons. The largest absolute Gasteiger partial charge is 0.361 e. The first-order valence-electron chi connectivity index (χ1n) is 9.93. The first kappa shape index (κ1) is 20.4. The van der Waals surface area contributed by atoms with Crippen LogP contribution >= 0.6 is 11.6 Å². The summed E-state index contributed by atoms with van der Waals surface area (Å²) in [6, 6.07) is 11.0. The maximum absolute atomic E-state index is 14.7. The van der Waals surface area contributed by atoms with Crippen LogP contribution in [0.5, 0.6) is 0 Å². The Morgan fingerprint density at radius 1 is 1.27 bits per heavy atom. The second-order valence-corrected chi connectivity index (χ2v) is 7.89. The third-order valence-electron chi connectivity index (χ3n) is 5.68. The van der Waals surface area contributed by atoms with Crippen molar-refractivity contribution >= 4 is 34.3 Å². The molecule has 1 aliphatic heterocycles. The lowest BCUT2D eigenvalue weighted by molar-refractivity contribution is -0.129. The highest BCUT2D eigenvalue weighted by molar-refractivity contribution is 6.27. The van der Waals surface area contributed by atoms with Gasteiger partial charge in [0.1, 0.15) is 11.7 Å². The lowest BCUT2D eigenvalue weighted by Crippen LogP contribution is -2.39. The highest BCUT2D eigenvalue weighted by Crippen LogP contribution is 2.38. The third kappa shape index (κ3) is 3.92. The summed E-state index contributed by atoms with van der Waals surface area (Å²) in [7, 11) is 0. The number of halogens is 2. The van der Waals surface area contributed by atoms with Crippen LogP contribution in [0.2, 0.25) is 0 Å². The molecule has 3 aromatic rings. The van der Waals surface area contributed by atoms with Crippen molar-refractivity contribution in [1.82, 2.24) is 15.2 Å². The molecule has 0 spiro atoms. The topological polar surface area (TPSA) is 65.2 Å². The number of carbonyl (C=O) groups excluding carboxylic acids is 2. The molecule has 30 heavy (non-hydrogen) atoms. The molecule has 0 saturated heterocycles. The van der Waals surface area contributed by atoms with Gasteiger partial charge in [0.2, 0.25) is 11.8 Å². The molecule has 7 heteroatoms. The van der Waals surface area contributed by atoms with Crippen LogP contribution < -0.4 is 5.32 Å². The summed E-state index contributed by atoms with van der Waals surface area (Å²) < 4.78 is 14.7. The zero-order valence-electron chi connectivity index (χ0n) is 16.7. The van der Waals surface area contributed by atoms with Crippen LogP contribution in [0.3, 0.4) is 0 Å². The van der Waals surface area contributed by atoms with Crippen molar-refractivity contribution in [3.63, 3.8) is 0 Å². The summed E-state index contributed by atoms with van der Waals surface area (Å²) in [5.74, 6) is -0.794. The first-order chi connectivity index (χ1) is 14.5. The Kier molecular flexibility index (Phi) is 5.77. The van der Waals surface area contributed by atoms with E-state index in [1.54, 1.807) is 11.0 Å². The molecular formula is C23H23ClFN3O2. The molecule has 156 valence electrons. The Morgan fingerprint density at radius 3 is 2.83 bits per heavy atom. The number of alkyl halides is 1. The highest BCUT2D eigenvalue weighted by atomic mass is 35.5. The van der Waals surface area contributed by atoms with E-state index >= 15 is 0 Å². The average molecular weight is 428 g/mol. The number of amides is 2. The van der Waals surface area contributed by atoms with Gasteiger partial charge < -0.3 is 15.2 Å². The van der Waals surface area contributed by atoms with Gasteiger partial charge in [0, 0.05) is 49.6 Å². The van der Waals surface area contributed by atoms with E-state index in [0.717, 1.165) is 33.2 Å². The van der Waals surface area contributed by atoms with Gasteiger partial charge in [-0.25, -0.2) is 4.39 Å². The summed E-state index contributed by atoms with van der Waals surface area (Å²) in [5.41, 5.74) is 4.75. The normalized spacial score (nSPS) is 15.8. The number of benzene rings is 2. The number of hydrogen-bond acceptors (Lipinski definition) is 2. The molecule has 2 amide bonds. The van der Waals surface area contributed by atoms with Crippen molar-refractivity contribution in [2.24, 2.45) is 0 Å². The van der Waals surface area contributed by atoms with Gasteiger partial charge in [0.05, 0.1) is 0 Å². The van der Waals surface area contributed by atoms with Crippen molar-refractivity contribution in [2.45, 2.75) is 25.8 Å². The minimum absolute atomic E-state index is 0.0801. The fourth-order valence-electron chi connectivity index (χ4n) is 4.28. The zero-order valence-corrected chi connectivity index (χ0v) is 17.4. The van der Waals surface area contributed by atoms with Crippen LogP contribution in [0.1, 0.15) is 35.1 Å². The van der Waals surface area contributed by atoms with Crippen molar-refractivity contribution in [3.05, 3.63) is 70.7 Å². The molecule has 2 aromatic carbocycles. The maximum atomic E-state index is 14.7. The number of carbonyl (C=O) groups is 2. The molecule has 0 aliphatic carbocycles. The Bertz CT molecular complexity index is 1110. The van der Waals surface area contributed by atoms with Gasteiger partial charge >= 0.3 is 0 Å². The molecule has 4 rings (SSSR count). The average Bonchev–Trinajstić information content (AvgIpc) is 3.14. The second kappa shape index (κ2) is 8.48. The molecule has 0 unspecified atom stereocenters. The Labute approximate surface area is 179 Å². The minimum atomic E-state index is -0.323. The summed E-state index contributed by atoms with van der Waals surface area (Å²) in [6.45, 7) is 2.91. The van der Waals surface area contributed by atoms with Gasteiger partial charge in [-0.2, -0.15) is 0 Å². The summed E-state index contributed by atoms with van der Waals surface area (Å²) >= 11 is 5.81. The molecular weight excluding hydrogens is 405 g/mol. The number of aromatic amines is 1. The fraction of sp³-hybridized carbons (Fsp3) is 0.304. The quantitative estimate of drug-likeness (QED) is 0.610. The minimum Gasteiger partial charge on any atom is -0.361 e. The molecule has 0 bridgehead atoms. The van der Waals surface area contributed by atoms with Crippen molar-refractivity contribution in [3.8, 4) is 0 Å². The predicted molar refractivity (Wildman–Crippen MR) is 115 cm³/mol. The standard InChI is InChI=1S/C23H23ClFN3O2/c1-14(29)26-7-6-15-11-27-23-19(15)8-17(25)9-20(23)21-13-28(22(30)10-24)12-16-4-2-3-5-18(16)21/h2-5,8-9,11,21,27H,6-7,10,12-13H2,1H3,(H,26,29)/t21-/m1/s1. The fourth-order valence-corrected chi connectivity index (χ4v) is 4.45. The van der Waals surface area contributed by atoms with Crippen LogP contribution in [0.4, 0.5) is 4.39 Å². The smallest absolute Gasteiger partial charge is 0.237 e. The Balaban J connectivity index is 1.77. The highest BCUT2D eigenvalue weighted by Gasteiger charge is 2.30. The molecule has 2 heterocycles. The van der Waals surface area contributed by atoms with Crippen molar-refractivity contribution in [1.29, 1.82) is 0 Å². The maximum Gasteiger partial charge on any atom is 0.237 e. The van der Waals surface area contributed by atoms with E-state index in [0.29, 0.717) is 26.1 Å². The van der Waals surface area contributed by atoms with E-state index in [1.165, 1.54) is 13.0 Å². The van der Waals surface area contributed by atoms with E-state index in [2.05, 4.69) is 10.3 Å². The number of fused-ring (bicyclic) bond motifs is 2. The third-order valence-corrected chi connectivity index (χ3v) is 5.90. The number of nitrogens with zero attached hydrogens (tertiary/aromatic N) is 1.